The Balaban J connectivity index is 1.47. The highest BCUT2D eigenvalue weighted by Crippen LogP contribution is 2.36. The number of carboxylic acid groups (broad SMARTS) is 1. The number of rotatable bonds is 8. The van der Waals surface area contributed by atoms with Gasteiger partial charge in [0, 0.05) is 51.0 Å². The number of carbonyl (C=O) groups is 1. The zero-order chi connectivity index (χ0) is 24.9. The Morgan fingerprint density at radius 2 is 1.47 bits per heavy atom. The molecule has 36 heavy (non-hydrogen) atoms. The minimum atomic E-state index is -0.749. The molecule has 1 saturated heterocycles. The molecule has 1 aliphatic carbocycles. The molecule has 0 amide bonds. The van der Waals surface area contributed by atoms with Gasteiger partial charge < -0.3 is 14.9 Å². The minimum Gasteiger partial charge on any atom is -0.481 e. The van der Waals surface area contributed by atoms with Crippen molar-refractivity contribution in [3.05, 3.63) is 101 Å². The molecule has 0 saturated carbocycles. The molecule has 0 spiro atoms. The molecule has 188 valence electrons. The molecule has 1 aliphatic heterocycles. The van der Waals surface area contributed by atoms with Crippen molar-refractivity contribution in [2.45, 2.75) is 44.8 Å². The topological polar surface area (TPSA) is 47.0 Å². The van der Waals surface area contributed by atoms with Gasteiger partial charge in [-0.1, -0.05) is 66.7 Å². The summed E-state index contributed by atoms with van der Waals surface area (Å²) in [5.74, 6) is -0.749. The van der Waals surface area contributed by atoms with E-state index in [1.54, 1.807) is 0 Å². The quantitative estimate of drug-likeness (QED) is 0.506. The van der Waals surface area contributed by atoms with Crippen LogP contribution in [-0.4, -0.2) is 60.1 Å². The van der Waals surface area contributed by atoms with Gasteiger partial charge >= 0.3 is 5.97 Å². The Kier molecular flexibility index (Phi) is 7.69. The summed E-state index contributed by atoms with van der Waals surface area (Å²) in [4.78, 5) is 19.2. The van der Waals surface area contributed by atoms with Gasteiger partial charge in [-0.25, -0.2) is 0 Å². The fraction of sp³-hybridized carbons (Fsp3) is 0.387. The van der Waals surface area contributed by atoms with Crippen LogP contribution in [0.3, 0.4) is 0 Å². The van der Waals surface area contributed by atoms with Crippen molar-refractivity contribution in [3.8, 4) is 0 Å². The van der Waals surface area contributed by atoms with Gasteiger partial charge in [0.05, 0.1) is 6.42 Å². The summed E-state index contributed by atoms with van der Waals surface area (Å²) in [7, 11) is 2.18. The van der Waals surface area contributed by atoms with Crippen LogP contribution in [0.4, 0.5) is 5.69 Å². The van der Waals surface area contributed by atoms with Crippen LogP contribution in [0.1, 0.15) is 34.2 Å². The molecule has 5 rings (SSSR count). The maximum Gasteiger partial charge on any atom is 0.307 e. The Bertz CT molecular complexity index is 1120. The van der Waals surface area contributed by atoms with Crippen molar-refractivity contribution in [3.63, 3.8) is 0 Å². The highest BCUT2D eigenvalue weighted by atomic mass is 16.4. The van der Waals surface area contributed by atoms with Crippen molar-refractivity contribution in [2.75, 3.05) is 38.1 Å². The number of anilines is 1. The summed E-state index contributed by atoms with van der Waals surface area (Å²) >= 11 is 0. The van der Waals surface area contributed by atoms with E-state index in [1.807, 2.05) is 0 Å². The standard InChI is InChI=1S/C31H37N3O2/c1-32-16-18-33(19-17-32)30-15-12-26(20-31(35)36)28-14-13-27(21-29(28)30)34(22-24-8-4-2-5-9-24)23-25-10-6-3-7-11-25/h2-12,15,27H,13-14,16-23H2,1H3,(H,35,36)/t27-/m1/s1. The molecule has 0 aromatic heterocycles. The SMILES string of the molecule is CN1CCN(c2ccc(CC(=O)O)c3c2C[C@H](N(Cc2ccccc2)Cc2ccccc2)CC3)CC1. The first-order valence-electron chi connectivity index (χ1n) is 13.2. The number of benzene rings is 3. The van der Waals surface area contributed by atoms with Gasteiger partial charge in [0.15, 0.2) is 0 Å². The van der Waals surface area contributed by atoms with E-state index >= 15 is 0 Å². The molecule has 3 aromatic rings. The van der Waals surface area contributed by atoms with Crippen LogP contribution in [-0.2, 0) is 37.1 Å². The lowest BCUT2D eigenvalue weighted by molar-refractivity contribution is -0.136. The summed E-state index contributed by atoms with van der Waals surface area (Å²) in [6.45, 7) is 5.97. The number of carboxylic acids is 1. The van der Waals surface area contributed by atoms with E-state index in [-0.39, 0.29) is 6.42 Å². The second kappa shape index (κ2) is 11.3. The second-order valence-electron chi connectivity index (χ2n) is 10.3. The number of fused-ring (bicyclic) bond motifs is 1. The lowest BCUT2D eigenvalue weighted by Crippen LogP contribution is -2.45. The highest BCUT2D eigenvalue weighted by Gasteiger charge is 2.30. The Hall–Kier alpha value is -3.15. The lowest BCUT2D eigenvalue weighted by Gasteiger charge is -2.40. The third kappa shape index (κ3) is 5.80. The van der Waals surface area contributed by atoms with Crippen LogP contribution >= 0.6 is 0 Å². The molecule has 1 N–H and O–H groups in total. The Morgan fingerprint density at radius 1 is 0.861 bits per heavy atom. The summed E-state index contributed by atoms with van der Waals surface area (Å²) in [6.07, 6.45) is 3.05. The van der Waals surface area contributed by atoms with E-state index in [1.165, 1.54) is 27.9 Å². The van der Waals surface area contributed by atoms with Gasteiger partial charge in [-0.2, -0.15) is 0 Å². The molecular weight excluding hydrogens is 446 g/mol. The molecule has 0 bridgehead atoms. The van der Waals surface area contributed by atoms with Gasteiger partial charge in [0.1, 0.15) is 0 Å². The molecule has 3 aromatic carbocycles. The van der Waals surface area contributed by atoms with Crippen molar-refractivity contribution in [1.82, 2.24) is 9.80 Å². The number of hydrogen-bond donors (Lipinski definition) is 1. The fourth-order valence-electron chi connectivity index (χ4n) is 5.85. The van der Waals surface area contributed by atoms with Gasteiger partial charge in [-0.15, -0.1) is 0 Å². The van der Waals surface area contributed by atoms with Crippen LogP contribution in [0.5, 0.6) is 0 Å². The van der Waals surface area contributed by atoms with Gasteiger partial charge in [-0.3, -0.25) is 9.69 Å². The van der Waals surface area contributed by atoms with E-state index in [2.05, 4.69) is 94.5 Å². The van der Waals surface area contributed by atoms with Crippen molar-refractivity contribution >= 4 is 11.7 Å². The molecule has 5 heteroatoms. The summed E-state index contributed by atoms with van der Waals surface area (Å²) in [5, 5.41) is 9.56. The van der Waals surface area contributed by atoms with Crippen LogP contribution in [0, 0.1) is 0 Å². The number of piperazine rings is 1. The van der Waals surface area contributed by atoms with Crippen LogP contribution in [0.2, 0.25) is 0 Å². The smallest absolute Gasteiger partial charge is 0.307 e. The molecular formula is C31H37N3O2. The van der Waals surface area contributed by atoms with E-state index in [9.17, 15) is 9.90 Å². The van der Waals surface area contributed by atoms with Gasteiger partial charge in [-0.05, 0) is 60.2 Å². The van der Waals surface area contributed by atoms with Crippen molar-refractivity contribution in [1.29, 1.82) is 0 Å². The number of likely N-dealkylation sites (N-methyl/N-ethyl adjacent to an activating group) is 1. The fourth-order valence-corrected chi connectivity index (χ4v) is 5.85. The zero-order valence-corrected chi connectivity index (χ0v) is 21.3. The maximum atomic E-state index is 11.6. The van der Waals surface area contributed by atoms with Gasteiger partial charge in [0.2, 0.25) is 0 Å². The number of aliphatic carboxylic acids is 1. The molecule has 1 heterocycles. The predicted octanol–water partition coefficient (Wildman–Crippen LogP) is 4.63. The van der Waals surface area contributed by atoms with E-state index in [4.69, 9.17) is 0 Å². The Labute approximate surface area is 215 Å². The van der Waals surface area contributed by atoms with Crippen LogP contribution in [0.15, 0.2) is 72.8 Å². The molecule has 1 fully saturated rings. The first-order chi connectivity index (χ1) is 17.6. The van der Waals surface area contributed by atoms with Crippen LogP contribution in [0.25, 0.3) is 0 Å². The Morgan fingerprint density at radius 3 is 2.06 bits per heavy atom. The van der Waals surface area contributed by atoms with Crippen LogP contribution < -0.4 is 4.90 Å². The number of hydrogen-bond acceptors (Lipinski definition) is 4. The molecule has 1 atom stereocenters. The number of nitrogens with zero attached hydrogens (tertiary/aromatic N) is 3. The first-order valence-corrected chi connectivity index (χ1v) is 13.2. The van der Waals surface area contributed by atoms with Gasteiger partial charge in [0.25, 0.3) is 0 Å². The molecule has 0 unspecified atom stereocenters. The average Bonchev–Trinajstić information content (AvgIpc) is 2.90. The first kappa shape index (κ1) is 24.5. The largest absolute Gasteiger partial charge is 0.481 e. The highest BCUT2D eigenvalue weighted by molar-refractivity contribution is 5.72. The summed E-state index contributed by atoms with van der Waals surface area (Å²) in [5.41, 5.74) is 7.63. The van der Waals surface area contributed by atoms with Crippen molar-refractivity contribution in [2.24, 2.45) is 0 Å². The maximum absolute atomic E-state index is 11.6. The van der Waals surface area contributed by atoms with Crippen molar-refractivity contribution < 1.29 is 9.90 Å². The third-order valence-electron chi connectivity index (χ3n) is 7.83. The summed E-state index contributed by atoms with van der Waals surface area (Å²) in [6, 6.07) is 26.2. The predicted molar refractivity (Wildman–Crippen MR) is 145 cm³/mol. The summed E-state index contributed by atoms with van der Waals surface area (Å²) < 4.78 is 0. The zero-order valence-electron chi connectivity index (χ0n) is 21.3. The molecule has 0 radical (unpaired) electrons. The third-order valence-corrected chi connectivity index (χ3v) is 7.83. The van der Waals surface area contributed by atoms with E-state index < -0.39 is 5.97 Å². The minimum absolute atomic E-state index is 0.105. The van der Waals surface area contributed by atoms with E-state index in [0.717, 1.165) is 64.1 Å². The lowest BCUT2D eigenvalue weighted by atomic mass is 9.82. The molecule has 5 nitrogen and oxygen atoms in total. The monoisotopic (exact) mass is 483 g/mol. The average molecular weight is 484 g/mol. The molecule has 2 aliphatic rings. The second-order valence-corrected chi connectivity index (χ2v) is 10.3. The van der Waals surface area contributed by atoms with E-state index in [0.29, 0.717) is 6.04 Å². The normalized spacial score (nSPS) is 18.3.